The van der Waals surface area contributed by atoms with Crippen LogP contribution in [0.15, 0.2) is 34.5 Å². The highest BCUT2D eigenvalue weighted by Gasteiger charge is 2.09. The largest absolute Gasteiger partial charge is 0.372 e. The van der Waals surface area contributed by atoms with Crippen LogP contribution in [0.4, 0.5) is 5.82 Å². The van der Waals surface area contributed by atoms with Gasteiger partial charge in [-0.25, -0.2) is 9.97 Å². The average Bonchev–Trinajstić information content (AvgIpc) is 2.93. The first-order valence-corrected chi connectivity index (χ1v) is 8.66. The number of nitrogens with zero attached hydrogens (tertiary/aromatic N) is 2. The number of fused-ring (bicyclic) bond motifs is 1. The molecule has 3 nitrogen and oxygen atoms in total. The fraction of sp³-hybridized carbons (Fsp3) is 0.250. The fourth-order valence-electron chi connectivity index (χ4n) is 2.26. The number of aromatic nitrogens is 2. The summed E-state index contributed by atoms with van der Waals surface area (Å²) < 4.78 is 0. The molecule has 0 radical (unpaired) electrons. The molecule has 2 aromatic heterocycles. The molecule has 0 aliphatic rings. The zero-order chi connectivity index (χ0) is 14.8. The Morgan fingerprint density at radius 2 is 2.05 bits per heavy atom. The Kier molecular flexibility index (Phi) is 4.12. The molecule has 1 aromatic carbocycles. The summed E-state index contributed by atoms with van der Waals surface area (Å²) in [7, 11) is 1.90. The van der Waals surface area contributed by atoms with E-state index in [1.165, 1.54) is 16.0 Å². The van der Waals surface area contributed by atoms with Crippen LogP contribution in [0.2, 0.25) is 0 Å². The van der Waals surface area contributed by atoms with Crippen LogP contribution in [-0.4, -0.2) is 17.0 Å². The number of benzene rings is 1. The zero-order valence-electron chi connectivity index (χ0n) is 12.3. The van der Waals surface area contributed by atoms with Crippen LogP contribution >= 0.6 is 23.1 Å². The van der Waals surface area contributed by atoms with Gasteiger partial charge in [-0.15, -0.1) is 23.1 Å². The Balaban J connectivity index is 1.84. The van der Waals surface area contributed by atoms with Crippen molar-refractivity contribution in [1.82, 2.24) is 9.97 Å². The maximum absolute atomic E-state index is 4.65. The van der Waals surface area contributed by atoms with E-state index in [4.69, 9.17) is 0 Å². The molecule has 0 saturated heterocycles. The molecule has 0 atom stereocenters. The minimum absolute atomic E-state index is 0.784. The standard InChI is InChI=1S/C16H17N3S2/c1-10-4-5-13(11(2)8-10)21-9-14-18-15(17-3)12-6-7-20-16(12)19-14/h4-8H,9H2,1-3H3,(H,17,18,19). The Morgan fingerprint density at radius 1 is 1.19 bits per heavy atom. The van der Waals surface area contributed by atoms with E-state index in [9.17, 15) is 0 Å². The van der Waals surface area contributed by atoms with E-state index in [2.05, 4.69) is 58.8 Å². The van der Waals surface area contributed by atoms with Crippen molar-refractivity contribution < 1.29 is 0 Å². The molecule has 0 aliphatic carbocycles. The Labute approximate surface area is 132 Å². The van der Waals surface area contributed by atoms with Gasteiger partial charge in [0.25, 0.3) is 0 Å². The van der Waals surface area contributed by atoms with E-state index in [1.807, 2.05) is 7.05 Å². The molecule has 108 valence electrons. The van der Waals surface area contributed by atoms with Crippen molar-refractivity contribution >= 4 is 39.1 Å². The summed E-state index contributed by atoms with van der Waals surface area (Å²) in [4.78, 5) is 11.6. The van der Waals surface area contributed by atoms with Crippen LogP contribution in [0.1, 0.15) is 17.0 Å². The predicted molar refractivity (Wildman–Crippen MR) is 92.4 cm³/mol. The van der Waals surface area contributed by atoms with Gasteiger partial charge in [-0.3, -0.25) is 0 Å². The average molecular weight is 315 g/mol. The summed E-state index contributed by atoms with van der Waals surface area (Å²) in [5.41, 5.74) is 2.61. The molecule has 3 rings (SSSR count). The topological polar surface area (TPSA) is 37.8 Å². The third-order valence-electron chi connectivity index (χ3n) is 3.30. The molecule has 2 heterocycles. The monoisotopic (exact) mass is 315 g/mol. The fourth-order valence-corrected chi connectivity index (χ4v) is 3.91. The van der Waals surface area contributed by atoms with Crippen molar-refractivity contribution in [1.29, 1.82) is 0 Å². The number of aryl methyl sites for hydroxylation is 2. The molecule has 5 heteroatoms. The third kappa shape index (κ3) is 3.04. The van der Waals surface area contributed by atoms with E-state index < -0.39 is 0 Å². The van der Waals surface area contributed by atoms with Crippen LogP contribution in [0.25, 0.3) is 10.2 Å². The molecule has 0 bridgehead atoms. The van der Waals surface area contributed by atoms with Crippen molar-refractivity contribution in [2.45, 2.75) is 24.5 Å². The first-order valence-electron chi connectivity index (χ1n) is 6.79. The second kappa shape index (κ2) is 6.03. The van der Waals surface area contributed by atoms with E-state index in [0.717, 1.165) is 27.6 Å². The zero-order valence-corrected chi connectivity index (χ0v) is 13.9. The predicted octanol–water partition coefficient (Wildman–Crippen LogP) is 4.64. The van der Waals surface area contributed by atoms with Gasteiger partial charge in [-0.1, -0.05) is 17.7 Å². The molecule has 0 amide bonds. The Hall–Kier alpha value is -1.59. The van der Waals surface area contributed by atoms with Crippen molar-refractivity contribution in [2.75, 3.05) is 12.4 Å². The summed E-state index contributed by atoms with van der Waals surface area (Å²) in [6.45, 7) is 4.27. The summed E-state index contributed by atoms with van der Waals surface area (Å²) >= 11 is 3.45. The molecule has 0 unspecified atom stereocenters. The lowest BCUT2D eigenvalue weighted by atomic mass is 10.2. The molecule has 0 saturated carbocycles. The molecular formula is C16H17N3S2. The van der Waals surface area contributed by atoms with Crippen molar-refractivity contribution in [3.8, 4) is 0 Å². The summed E-state index contributed by atoms with van der Waals surface area (Å²) in [5, 5.41) is 6.32. The quantitative estimate of drug-likeness (QED) is 0.712. The van der Waals surface area contributed by atoms with Gasteiger partial charge in [0.05, 0.1) is 11.1 Å². The lowest BCUT2D eigenvalue weighted by molar-refractivity contribution is 1.07. The van der Waals surface area contributed by atoms with Crippen LogP contribution in [0, 0.1) is 13.8 Å². The highest BCUT2D eigenvalue weighted by atomic mass is 32.2. The van der Waals surface area contributed by atoms with Gasteiger partial charge in [0.2, 0.25) is 0 Å². The number of rotatable bonds is 4. The number of anilines is 1. The SMILES string of the molecule is CNc1nc(CSc2ccc(C)cc2C)nc2sccc12. The van der Waals surface area contributed by atoms with Gasteiger partial charge < -0.3 is 5.32 Å². The molecule has 1 N–H and O–H groups in total. The summed E-state index contributed by atoms with van der Waals surface area (Å²) in [5.74, 6) is 2.57. The smallest absolute Gasteiger partial charge is 0.142 e. The maximum atomic E-state index is 4.65. The van der Waals surface area contributed by atoms with Crippen LogP contribution < -0.4 is 5.32 Å². The number of nitrogens with one attached hydrogen (secondary N) is 1. The van der Waals surface area contributed by atoms with E-state index in [-0.39, 0.29) is 0 Å². The maximum Gasteiger partial charge on any atom is 0.142 e. The number of hydrogen-bond donors (Lipinski definition) is 1. The second-order valence-corrected chi connectivity index (χ2v) is 6.85. The molecule has 21 heavy (non-hydrogen) atoms. The number of hydrogen-bond acceptors (Lipinski definition) is 5. The third-order valence-corrected chi connectivity index (χ3v) is 5.27. The van der Waals surface area contributed by atoms with Gasteiger partial charge in [-0.05, 0) is 36.9 Å². The van der Waals surface area contributed by atoms with Gasteiger partial charge in [0, 0.05) is 11.9 Å². The van der Waals surface area contributed by atoms with Gasteiger partial charge in [0.15, 0.2) is 0 Å². The Morgan fingerprint density at radius 3 is 2.81 bits per heavy atom. The summed E-state index contributed by atoms with van der Waals surface area (Å²) in [6.07, 6.45) is 0. The van der Waals surface area contributed by atoms with E-state index in [0.29, 0.717) is 0 Å². The molecule has 3 aromatic rings. The summed E-state index contributed by atoms with van der Waals surface area (Å²) in [6, 6.07) is 8.60. The van der Waals surface area contributed by atoms with Crippen LogP contribution in [0.5, 0.6) is 0 Å². The highest BCUT2D eigenvalue weighted by Crippen LogP contribution is 2.29. The molecule has 0 fully saturated rings. The minimum Gasteiger partial charge on any atom is -0.372 e. The van der Waals surface area contributed by atoms with Crippen LogP contribution in [0.3, 0.4) is 0 Å². The normalized spacial score (nSPS) is 11.0. The lowest BCUT2D eigenvalue weighted by Gasteiger charge is -2.07. The van der Waals surface area contributed by atoms with Crippen molar-refractivity contribution in [3.05, 3.63) is 46.6 Å². The minimum atomic E-state index is 0.784. The van der Waals surface area contributed by atoms with Crippen molar-refractivity contribution in [3.63, 3.8) is 0 Å². The Bertz CT molecular complexity index is 780. The molecule has 0 aliphatic heterocycles. The number of thiophene rings is 1. The van der Waals surface area contributed by atoms with Crippen molar-refractivity contribution in [2.24, 2.45) is 0 Å². The molecular weight excluding hydrogens is 298 g/mol. The van der Waals surface area contributed by atoms with Crippen LogP contribution in [-0.2, 0) is 5.75 Å². The highest BCUT2D eigenvalue weighted by molar-refractivity contribution is 7.98. The first-order chi connectivity index (χ1) is 10.2. The molecule has 0 spiro atoms. The van der Waals surface area contributed by atoms with E-state index >= 15 is 0 Å². The second-order valence-electron chi connectivity index (χ2n) is 4.94. The van der Waals surface area contributed by atoms with Gasteiger partial charge in [0.1, 0.15) is 16.5 Å². The lowest BCUT2D eigenvalue weighted by Crippen LogP contribution is -1.99. The van der Waals surface area contributed by atoms with Gasteiger partial charge in [-0.2, -0.15) is 0 Å². The number of thioether (sulfide) groups is 1. The van der Waals surface area contributed by atoms with E-state index in [1.54, 1.807) is 23.1 Å². The first kappa shape index (κ1) is 14.4. The van der Waals surface area contributed by atoms with Gasteiger partial charge >= 0.3 is 0 Å².